The van der Waals surface area contributed by atoms with Crippen LogP contribution in [0.4, 0.5) is 0 Å². The van der Waals surface area contributed by atoms with Crippen LogP contribution in [0.3, 0.4) is 0 Å². The van der Waals surface area contributed by atoms with Gasteiger partial charge >= 0.3 is 0 Å². The highest BCUT2D eigenvalue weighted by Crippen LogP contribution is 2.23. The maximum Gasteiger partial charge on any atom is 0.260 e. The third kappa shape index (κ3) is 1.93. The van der Waals surface area contributed by atoms with Crippen LogP contribution in [0, 0.1) is 13.8 Å². The zero-order valence-corrected chi connectivity index (χ0v) is 11.1. The molecule has 2 heterocycles. The van der Waals surface area contributed by atoms with Crippen molar-refractivity contribution in [2.45, 2.75) is 13.8 Å². The molecule has 0 amide bonds. The molecule has 0 unspecified atom stereocenters. The summed E-state index contributed by atoms with van der Waals surface area (Å²) in [6.45, 7) is 3.93. The van der Waals surface area contributed by atoms with Gasteiger partial charge in [-0.15, -0.1) is 0 Å². The number of aryl methyl sites for hydroxylation is 2. The van der Waals surface area contributed by atoms with Gasteiger partial charge < -0.3 is 4.74 Å². The molecule has 0 atom stereocenters. The van der Waals surface area contributed by atoms with Crippen LogP contribution in [0.15, 0.2) is 30.3 Å². The Hall–Kier alpha value is -2.43. The van der Waals surface area contributed by atoms with Crippen LogP contribution in [-0.4, -0.2) is 26.9 Å². The van der Waals surface area contributed by atoms with Gasteiger partial charge in [-0.3, -0.25) is 0 Å². The van der Waals surface area contributed by atoms with Crippen molar-refractivity contribution in [3.63, 3.8) is 0 Å². The van der Waals surface area contributed by atoms with E-state index in [9.17, 15) is 0 Å². The summed E-state index contributed by atoms with van der Waals surface area (Å²) in [4.78, 5) is 9.08. The standard InChI is InChI=1S/C14H14N4O/c1-9-8-10(2)18(17-9)13-14(19-3)16-12-7-5-4-6-11(12)15-13/h4-8H,1-3H3. The topological polar surface area (TPSA) is 52.8 Å². The van der Waals surface area contributed by atoms with Gasteiger partial charge in [0, 0.05) is 5.69 Å². The monoisotopic (exact) mass is 254 g/mol. The number of hydrogen-bond donors (Lipinski definition) is 0. The first-order valence-electron chi connectivity index (χ1n) is 6.03. The molecule has 0 saturated heterocycles. The third-order valence-electron chi connectivity index (χ3n) is 2.92. The van der Waals surface area contributed by atoms with Crippen molar-refractivity contribution in [1.82, 2.24) is 19.7 Å². The number of nitrogens with zero attached hydrogens (tertiary/aromatic N) is 4. The average Bonchev–Trinajstić information content (AvgIpc) is 2.76. The number of methoxy groups -OCH3 is 1. The van der Waals surface area contributed by atoms with E-state index in [4.69, 9.17) is 4.74 Å². The van der Waals surface area contributed by atoms with E-state index in [2.05, 4.69) is 15.1 Å². The summed E-state index contributed by atoms with van der Waals surface area (Å²) in [6, 6.07) is 9.71. The van der Waals surface area contributed by atoms with Gasteiger partial charge in [0.05, 0.1) is 23.8 Å². The number of benzene rings is 1. The summed E-state index contributed by atoms with van der Waals surface area (Å²) in [5.41, 5.74) is 3.57. The second kappa shape index (κ2) is 4.35. The molecule has 5 heteroatoms. The number of hydrogen-bond acceptors (Lipinski definition) is 4. The molecular formula is C14H14N4O. The molecular weight excluding hydrogens is 240 g/mol. The van der Waals surface area contributed by atoms with Crippen LogP contribution in [0.2, 0.25) is 0 Å². The van der Waals surface area contributed by atoms with Crippen LogP contribution < -0.4 is 4.74 Å². The van der Waals surface area contributed by atoms with Crippen LogP contribution in [0.5, 0.6) is 5.88 Å². The van der Waals surface area contributed by atoms with Crippen LogP contribution in [0.25, 0.3) is 16.9 Å². The molecule has 0 radical (unpaired) electrons. The minimum Gasteiger partial charge on any atom is -0.478 e. The van der Waals surface area contributed by atoms with E-state index >= 15 is 0 Å². The second-order valence-electron chi connectivity index (χ2n) is 4.38. The number of para-hydroxylation sites is 2. The number of rotatable bonds is 2. The first-order chi connectivity index (χ1) is 9.19. The van der Waals surface area contributed by atoms with Crippen molar-refractivity contribution in [1.29, 1.82) is 0 Å². The molecule has 0 bridgehead atoms. The summed E-state index contributed by atoms with van der Waals surface area (Å²) >= 11 is 0. The molecule has 2 aromatic heterocycles. The predicted octanol–water partition coefficient (Wildman–Crippen LogP) is 2.44. The van der Waals surface area contributed by atoms with Gasteiger partial charge in [-0.25, -0.2) is 14.6 Å². The lowest BCUT2D eigenvalue weighted by atomic mass is 10.3. The van der Waals surface area contributed by atoms with E-state index in [0.717, 1.165) is 22.4 Å². The number of fused-ring (bicyclic) bond motifs is 1. The molecule has 0 spiro atoms. The molecule has 1 aromatic carbocycles. The van der Waals surface area contributed by atoms with Crippen molar-refractivity contribution in [2.24, 2.45) is 0 Å². The summed E-state index contributed by atoms with van der Waals surface area (Å²) in [6.07, 6.45) is 0. The van der Waals surface area contributed by atoms with Gasteiger partial charge in [-0.2, -0.15) is 5.10 Å². The van der Waals surface area contributed by atoms with Gasteiger partial charge in [0.15, 0.2) is 0 Å². The number of aromatic nitrogens is 4. The third-order valence-corrected chi connectivity index (χ3v) is 2.92. The Morgan fingerprint density at radius 3 is 2.32 bits per heavy atom. The summed E-state index contributed by atoms with van der Waals surface area (Å²) in [5, 5.41) is 4.43. The highest BCUT2D eigenvalue weighted by Gasteiger charge is 2.14. The lowest BCUT2D eigenvalue weighted by Crippen LogP contribution is -2.06. The second-order valence-corrected chi connectivity index (χ2v) is 4.38. The molecule has 19 heavy (non-hydrogen) atoms. The highest BCUT2D eigenvalue weighted by atomic mass is 16.5. The van der Waals surface area contributed by atoms with Crippen molar-refractivity contribution in [2.75, 3.05) is 7.11 Å². The van der Waals surface area contributed by atoms with Crippen LogP contribution >= 0.6 is 0 Å². The molecule has 0 saturated carbocycles. The van der Waals surface area contributed by atoms with E-state index < -0.39 is 0 Å². The van der Waals surface area contributed by atoms with Crippen molar-refractivity contribution in [3.8, 4) is 11.7 Å². The molecule has 3 rings (SSSR count). The van der Waals surface area contributed by atoms with E-state index in [-0.39, 0.29) is 0 Å². The fraction of sp³-hybridized carbons (Fsp3) is 0.214. The fourth-order valence-corrected chi connectivity index (χ4v) is 2.09. The largest absolute Gasteiger partial charge is 0.478 e. The predicted molar refractivity (Wildman–Crippen MR) is 72.7 cm³/mol. The summed E-state index contributed by atoms with van der Waals surface area (Å²) in [5.74, 6) is 1.09. The molecule has 96 valence electrons. The lowest BCUT2D eigenvalue weighted by molar-refractivity contribution is 0.394. The summed E-state index contributed by atoms with van der Waals surface area (Å²) < 4.78 is 7.10. The normalized spacial score (nSPS) is 10.9. The van der Waals surface area contributed by atoms with Gasteiger partial charge in [-0.05, 0) is 32.0 Å². The smallest absolute Gasteiger partial charge is 0.260 e. The molecule has 0 N–H and O–H groups in total. The SMILES string of the molecule is COc1nc2ccccc2nc1-n1nc(C)cc1C. The van der Waals surface area contributed by atoms with Gasteiger partial charge in [0.1, 0.15) is 0 Å². The van der Waals surface area contributed by atoms with Gasteiger partial charge in [-0.1, -0.05) is 12.1 Å². The zero-order chi connectivity index (χ0) is 13.4. The minimum absolute atomic E-state index is 0.477. The molecule has 0 fully saturated rings. The van der Waals surface area contributed by atoms with E-state index in [1.54, 1.807) is 11.8 Å². The Morgan fingerprint density at radius 1 is 1.05 bits per heavy atom. The Morgan fingerprint density at radius 2 is 1.74 bits per heavy atom. The first-order valence-corrected chi connectivity index (χ1v) is 6.03. The average molecular weight is 254 g/mol. The van der Waals surface area contributed by atoms with E-state index in [1.165, 1.54) is 0 Å². The molecule has 0 aliphatic rings. The highest BCUT2D eigenvalue weighted by molar-refractivity contribution is 5.75. The molecule has 0 aliphatic heterocycles. The Labute approximate surface area is 110 Å². The fourth-order valence-electron chi connectivity index (χ4n) is 2.09. The van der Waals surface area contributed by atoms with Gasteiger partial charge in [0.25, 0.3) is 5.88 Å². The van der Waals surface area contributed by atoms with Crippen molar-refractivity contribution < 1.29 is 4.74 Å². The minimum atomic E-state index is 0.477. The van der Waals surface area contributed by atoms with Crippen LogP contribution in [0.1, 0.15) is 11.4 Å². The molecule has 5 nitrogen and oxygen atoms in total. The Kier molecular flexibility index (Phi) is 2.67. The van der Waals surface area contributed by atoms with Crippen molar-refractivity contribution in [3.05, 3.63) is 41.7 Å². The van der Waals surface area contributed by atoms with Crippen LogP contribution in [-0.2, 0) is 0 Å². The van der Waals surface area contributed by atoms with Gasteiger partial charge in [0.2, 0.25) is 5.82 Å². The van der Waals surface area contributed by atoms with E-state index in [0.29, 0.717) is 11.7 Å². The Balaban J connectivity index is 2.30. The Bertz CT molecular complexity index is 748. The zero-order valence-electron chi connectivity index (χ0n) is 11.1. The maximum atomic E-state index is 5.34. The lowest BCUT2D eigenvalue weighted by Gasteiger charge is -2.09. The summed E-state index contributed by atoms with van der Waals surface area (Å²) in [7, 11) is 1.59. The molecule has 3 aromatic rings. The maximum absolute atomic E-state index is 5.34. The first kappa shape index (κ1) is 11.6. The quantitative estimate of drug-likeness (QED) is 0.705. The van der Waals surface area contributed by atoms with E-state index in [1.807, 2.05) is 44.2 Å². The molecule has 0 aliphatic carbocycles. The van der Waals surface area contributed by atoms with Crippen molar-refractivity contribution >= 4 is 11.0 Å². The number of ether oxygens (including phenoxy) is 1.